The first-order valence-corrected chi connectivity index (χ1v) is 11.9. The van der Waals surface area contributed by atoms with Crippen LogP contribution in [0.1, 0.15) is 40.2 Å². The Bertz CT molecular complexity index is 955. The van der Waals surface area contributed by atoms with Crippen LogP contribution < -0.4 is 3.32 Å². The molecule has 1 heterocycles. The predicted octanol–water partition coefficient (Wildman–Crippen LogP) is 5.76. The van der Waals surface area contributed by atoms with Gasteiger partial charge in [-0.05, 0) is 0 Å². The Hall–Kier alpha value is -1.46. The summed E-state index contributed by atoms with van der Waals surface area (Å²) in [6, 6.07) is 8.03. The van der Waals surface area contributed by atoms with Gasteiger partial charge >= 0.3 is 167 Å². The summed E-state index contributed by atoms with van der Waals surface area (Å²) in [5.74, 6) is 0.808. The van der Waals surface area contributed by atoms with E-state index >= 15 is 0 Å². The fourth-order valence-corrected chi connectivity index (χ4v) is 8.77. The van der Waals surface area contributed by atoms with Crippen LogP contribution in [0.4, 0.5) is 0 Å². The van der Waals surface area contributed by atoms with Gasteiger partial charge in [-0.15, -0.1) is 0 Å². The first kappa shape index (κ1) is 20.3. The molecule has 0 bridgehead atoms. The number of allylic oxidation sites excluding steroid dienone is 4. The molecule has 4 nitrogen and oxygen atoms in total. The Balaban J connectivity index is 2.21. The van der Waals surface area contributed by atoms with Crippen molar-refractivity contribution in [2.75, 3.05) is 14.2 Å². The second kappa shape index (κ2) is 7.18. The fraction of sp³-hybridized carbons (Fsp3) is 0.409. The molecule has 0 unspecified atom stereocenters. The molecule has 0 spiro atoms. The van der Waals surface area contributed by atoms with Gasteiger partial charge in [0, 0.05) is 0 Å². The van der Waals surface area contributed by atoms with E-state index in [9.17, 15) is 0 Å². The molecule has 1 aromatic heterocycles. The number of fused-ring (bicyclic) bond motifs is 1. The van der Waals surface area contributed by atoms with Gasteiger partial charge in [0.1, 0.15) is 0 Å². The van der Waals surface area contributed by atoms with E-state index in [-0.39, 0.29) is 5.41 Å². The third kappa shape index (κ3) is 3.09. The average molecular weight is 403 g/mol. The Labute approximate surface area is 167 Å². The van der Waals surface area contributed by atoms with Crippen molar-refractivity contribution in [1.82, 2.24) is 4.98 Å². The molecule has 0 amide bonds. The van der Waals surface area contributed by atoms with Crippen LogP contribution in [-0.4, -0.2) is 19.2 Å². The number of pyridine rings is 1. The summed E-state index contributed by atoms with van der Waals surface area (Å²) in [6.07, 6.45) is 1.85. The Morgan fingerprint density at radius 2 is 1.56 bits per heavy atom. The molecule has 3 rings (SSSR count). The molecule has 2 aromatic rings. The number of para-hydroxylation sites is 1. The van der Waals surface area contributed by atoms with Gasteiger partial charge in [-0.25, -0.2) is 0 Å². The predicted molar refractivity (Wildman–Crippen MR) is 106 cm³/mol. The molecule has 1 aliphatic carbocycles. The van der Waals surface area contributed by atoms with Crippen molar-refractivity contribution < 1.29 is 27.7 Å². The fourth-order valence-electron chi connectivity index (χ4n) is 4.11. The summed E-state index contributed by atoms with van der Waals surface area (Å²) < 4.78 is 20.2. The topological polar surface area (TPSA) is 40.6 Å². The van der Waals surface area contributed by atoms with Gasteiger partial charge in [0.25, 0.3) is 0 Å². The maximum atomic E-state index is 6.75. The van der Waals surface area contributed by atoms with Crippen LogP contribution in [-0.2, 0) is 24.4 Å². The zero-order valence-corrected chi connectivity index (χ0v) is 19.1. The molecule has 1 aromatic carbocycles. The van der Waals surface area contributed by atoms with Crippen molar-refractivity contribution in [1.29, 1.82) is 0 Å². The Morgan fingerprint density at radius 1 is 0.926 bits per heavy atom. The third-order valence-corrected chi connectivity index (χ3v) is 11.0. The molecular weight excluding hydrogens is 374 g/mol. The van der Waals surface area contributed by atoms with E-state index in [4.69, 9.17) is 9.96 Å². The van der Waals surface area contributed by atoms with E-state index in [1.165, 1.54) is 20.6 Å². The molecule has 0 fully saturated rings. The van der Waals surface area contributed by atoms with Crippen molar-refractivity contribution in [3.05, 3.63) is 56.6 Å². The van der Waals surface area contributed by atoms with Gasteiger partial charge in [-0.3, -0.25) is 0 Å². The summed E-state index contributed by atoms with van der Waals surface area (Å²) in [5.41, 5.74) is 5.61. The summed E-state index contributed by atoms with van der Waals surface area (Å²) in [7, 11) is 3.42. The number of rotatable bonds is 5. The maximum absolute atomic E-state index is 6.75. The van der Waals surface area contributed by atoms with Crippen molar-refractivity contribution >= 4 is 10.9 Å². The average Bonchev–Trinajstić information content (AvgIpc) is 2.82. The van der Waals surface area contributed by atoms with Crippen molar-refractivity contribution in [2.24, 2.45) is 5.41 Å². The molecule has 5 heteroatoms. The second-order valence-electron chi connectivity index (χ2n) is 7.73. The number of aromatic nitrogens is 1. The van der Waals surface area contributed by atoms with Gasteiger partial charge in [-0.2, -0.15) is 0 Å². The summed E-state index contributed by atoms with van der Waals surface area (Å²) in [5, 5.41) is 0.983. The zero-order valence-electron chi connectivity index (χ0n) is 17.6. The number of hydrogen-bond donors (Lipinski definition) is 0. The van der Waals surface area contributed by atoms with Crippen LogP contribution in [0, 0.1) is 12.3 Å². The van der Waals surface area contributed by atoms with Crippen LogP contribution in [0.25, 0.3) is 10.9 Å². The van der Waals surface area contributed by atoms with E-state index < -0.39 is 17.8 Å². The molecule has 144 valence electrons. The van der Waals surface area contributed by atoms with Crippen LogP contribution in [0.15, 0.2) is 51.1 Å². The van der Waals surface area contributed by atoms with Crippen LogP contribution >= 0.6 is 0 Å². The van der Waals surface area contributed by atoms with Crippen molar-refractivity contribution in [2.45, 2.75) is 41.5 Å². The van der Waals surface area contributed by atoms with Crippen molar-refractivity contribution in [3.8, 4) is 5.75 Å². The molecule has 0 saturated heterocycles. The van der Waals surface area contributed by atoms with Gasteiger partial charge in [0.15, 0.2) is 0 Å². The van der Waals surface area contributed by atoms with E-state index in [0.717, 1.165) is 22.2 Å². The molecule has 1 aliphatic rings. The summed E-state index contributed by atoms with van der Waals surface area (Å²) in [4.78, 5) is 4.53. The first-order chi connectivity index (χ1) is 12.7. The molecule has 0 N–H and O–H groups in total. The molecule has 0 saturated carbocycles. The number of aryl methyl sites for hydroxylation is 1. The van der Waals surface area contributed by atoms with Gasteiger partial charge in [0.05, 0.1) is 0 Å². The van der Waals surface area contributed by atoms with E-state index in [0.29, 0.717) is 0 Å². The quantitative estimate of drug-likeness (QED) is 0.595. The van der Waals surface area contributed by atoms with Crippen molar-refractivity contribution in [3.63, 3.8) is 0 Å². The minimum absolute atomic E-state index is 0.156. The molecule has 0 atom stereocenters. The standard InChI is InChI=1S/C10H9NO.C10H15.2CH3O.Ti/c1-7-6-11-9-5-3-2-4-8(9)10(7)12;1-7-6-10(4,5)9(3)8(7)2;2*1-2;/h2-6H,1H3,(H,11,12);1-5H3;2*1H3;/q;;2*-1;+3/p-1. The molecular formula is C22H29NO3Ti. The van der Waals surface area contributed by atoms with E-state index in [2.05, 4.69) is 39.6 Å². The minimum atomic E-state index is -3.82. The van der Waals surface area contributed by atoms with Crippen LogP contribution in [0.3, 0.4) is 0 Å². The van der Waals surface area contributed by atoms with E-state index in [1.807, 2.05) is 37.4 Å². The normalized spacial score (nSPS) is 17.2. The molecule has 0 aliphatic heterocycles. The molecule has 27 heavy (non-hydrogen) atoms. The number of nitrogens with zero attached hydrogens (tertiary/aromatic N) is 1. The number of hydrogen-bond acceptors (Lipinski definition) is 4. The third-order valence-electron chi connectivity index (χ3n) is 6.05. The monoisotopic (exact) mass is 403 g/mol. The van der Waals surface area contributed by atoms with E-state index in [1.54, 1.807) is 14.2 Å². The zero-order chi connectivity index (χ0) is 20.0. The molecule has 0 radical (unpaired) electrons. The second-order valence-corrected chi connectivity index (χ2v) is 11.8. The van der Waals surface area contributed by atoms with Gasteiger partial charge < -0.3 is 0 Å². The summed E-state index contributed by atoms with van der Waals surface area (Å²) in [6.45, 7) is 13.0. The van der Waals surface area contributed by atoms with Crippen LogP contribution in [0.5, 0.6) is 5.75 Å². The summed E-state index contributed by atoms with van der Waals surface area (Å²) >= 11 is -3.82. The Kier molecular flexibility index (Phi) is 5.39. The first-order valence-electron chi connectivity index (χ1n) is 9.23. The van der Waals surface area contributed by atoms with Gasteiger partial charge in [0.2, 0.25) is 0 Å². The number of benzene rings is 1. The van der Waals surface area contributed by atoms with Crippen LogP contribution in [0.2, 0.25) is 0 Å². The van der Waals surface area contributed by atoms with Gasteiger partial charge in [-0.1, -0.05) is 0 Å². The SMILES string of the molecule is C[O][Ti]([O]C)([O]c1c(C)cnc2ccccc12)[C]1=C(C)C(C)=C(C)C1(C)C. The Morgan fingerprint density at radius 3 is 2.11 bits per heavy atom.